The van der Waals surface area contributed by atoms with Crippen LogP contribution in [0.25, 0.3) is 6.08 Å². The van der Waals surface area contributed by atoms with Gasteiger partial charge in [0.25, 0.3) is 11.8 Å². The number of benzene rings is 2. The Morgan fingerprint density at radius 3 is 2.61 bits per heavy atom. The number of nitrogen functional groups attached to an aromatic ring is 1. The molecule has 0 aliphatic carbocycles. The molecule has 2 aromatic carbocycles. The number of hydrogen-bond donors (Lipinski definition) is 3. The summed E-state index contributed by atoms with van der Waals surface area (Å²) in [7, 11) is 0. The van der Waals surface area contributed by atoms with E-state index < -0.39 is 0 Å². The Balaban J connectivity index is 1.50. The second-order valence-electron chi connectivity index (χ2n) is 9.01. The van der Waals surface area contributed by atoms with Gasteiger partial charge in [0.2, 0.25) is 0 Å². The maximum absolute atomic E-state index is 13.4. The number of aliphatic imine (C=N–C) groups is 1. The van der Waals surface area contributed by atoms with Crippen molar-refractivity contribution in [2.75, 3.05) is 25.5 Å². The van der Waals surface area contributed by atoms with Crippen LogP contribution in [0.4, 0.5) is 11.4 Å². The maximum Gasteiger partial charge on any atom is 0.273 e. The summed E-state index contributed by atoms with van der Waals surface area (Å²) in [4.78, 5) is 36.5. The standard InChI is InChI=1S/C27H33N5O4/c1-2-11-32(36-17-18-3-7-22(28)8-4-18)27(34)21-14-19-5-6-20(15-24(19)31-25(29)16-21)26(33)30-23-9-12-35-13-10-23/h3-8,14-15,23H,2,9-13,16-17,28H2,1H3,(H2,29,31)(H,30,33). The molecule has 0 radical (unpaired) electrons. The van der Waals surface area contributed by atoms with Gasteiger partial charge in [0.15, 0.2) is 0 Å². The van der Waals surface area contributed by atoms with Crippen LogP contribution in [0.1, 0.15) is 54.1 Å². The van der Waals surface area contributed by atoms with Gasteiger partial charge in [-0.05, 0) is 55.2 Å². The molecule has 0 aromatic heterocycles. The first-order chi connectivity index (χ1) is 17.4. The highest BCUT2D eigenvalue weighted by atomic mass is 16.7. The van der Waals surface area contributed by atoms with Crippen molar-refractivity contribution in [3.8, 4) is 0 Å². The molecule has 1 fully saturated rings. The second kappa shape index (κ2) is 11.8. The fraction of sp³-hybridized carbons (Fsp3) is 0.370. The Bertz CT molecular complexity index is 1150. The lowest BCUT2D eigenvalue weighted by molar-refractivity contribution is -0.187. The fourth-order valence-corrected chi connectivity index (χ4v) is 4.13. The Morgan fingerprint density at radius 1 is 1.14 bits per heavy atom. The van der Waals surface area contributed by atoms with Gasteiger partial charge >= 0.3 is 0 Å². The SMILES string of the molecule is CCCN(OCc1ccc(N)cc1)C(=O)C1=Cc2ccc(C(=O)NC3CCOCC3)cc2N=C(N)C1. The highest BCUT2D eigenvalue weighted by molar-refractivity contribution is 6.05. The molecule has 2 amide bonds. The molecule has 2 aromatic rings. The van der Waals surface area contributed by atoms with Crippen LogP contribution >= 0.6 is 0 Å². The summed E-state index contributed by atoms with van der Waals surface area (Å²) in [6, 6.07) is 12.7. The van der Waals surface area contributed by atoms with Gasteiger partial charge < -0.3 is 21.5 Å². The summed E-state index contributed by atoms with van der Waals surface area (Å²) in [5.74, 6) is -0.127. The number of nitrogens with one attached hydrogen (secondary N) is 1. The lowest BCUT2D eigenvalue weighted by Gasteiger charge is -2.23. The zero-order chi connectivity index (χ0) is 25.5. The van der Waals surface area contributed by atoms with Gasteiger partial charge in [0.05, 0.1) is 5.69 Å². The predicted octanol–water partition coefficient (Wildman–Crippen LogP) is 3.32. The molecule has 2 heterocycles. The van der Waals surface area contributed by atoms with E-state index in [1.54, 1.807) is 36.4 Å². The van der Waals surface area contributed by atoms with Crippen LogP contribution in [-0.2, 0) is 21.0 Å². The molecule has 1 saturated heterocycles. The van der Waals surface area contributed by atoms with Crippen LogP contribution in [0.5, 0.6) is 0 Å². The average Bonchev–Trinajstić information content (AvgIpc) is 3.05. The van der Waals surface area contributed by atoms with E-state index in [0.717, 1.165) is 30.4 Å². The smallest absolute Gasteiger partial charge is 0.273 e. The Labute approximate surface area is 211 Å². The molecule has 2 aliphatic rings. The second-order valence-corrected chi connectivity index (χ2v) is 9.01. The topological polar surface area (TPSA) is 132 Å². The van der Waals surface area contributed by atoms with Gasteiger partial charge in [-0.15, -0.1) is 0 Å². The number of anilines is 1. The van der Waals surface area contributed by atoms with Crippen LogP contribution < -0.4 is 16.8 Å². The lowest BCUT2D eigenvalue weighted by atomic mass is 10.0. The van der Waals surface area contributed by atoms with E-state index in [4.69, 9.17) is 21.0 Å². The van der Waals surface area contributed by atoms with Crippen molar-refractivity contribution in [3.63, 3.8) is 0 Å². The number of hydrogen-bond acceptors (Lipinski definition) is 7. The quantitative estimate of drug-likeness (QED) is 0.383. The zero-order valence-electron chi connectivity index (χ0n) is 20.5. The van der Waals surface area contributed by atoms with E-state index >= 15 is 0 Å². The molecule has 2 aliphatic heterocycles. The molecule has 0 bridgehead atoms. The molecule has 5 N–H and O–H groups in total. The summed E-state index contributed by atoms with van der Waals surface area (Å²) in [5, 5.41) is 4.43. The van der Waals surface area contributed by atoms with Gasteiger partial charge in [0, 0.05) is 54.6 Å². The summed E-state index contributed by atoms with van der Waals surface area (Å²) >= 11 is 0. The third kappa shape index (κ3) is 6.50. The average molecular weight is 492 g/mol. The maximum atomic E-state index is 13.4. The molecule has 9 heteroatoms. The first-order valence-corrected chi connectivity index (χ1v) is 12.3. The van der Waals surface area contributed by atoms with Crippen LogP contribution in [-0.4, -0.2) is 48.5 Å². The van der Waals surface area contributed by atoms with Crippen molar-refractivity contribution in [1.82, 2.24) is 10.4 Å². The van der Waals surface area contributed by atoms with Crippen LogP contribution in [0.3, 0.4) is 0 Å². The first-order valence-electron chi connectivity index (χ1n) is 12.3. The van der Waals surface area contributed by atoms with E-state index in [-0.39, 0.29) is 30.9 Å². The molecule has 9 nitrogen and oxygen atoms in total. The van der Waals surface area contributed by atoms with E-state index in [1.807, 2.05) is 19.1 Å². The number of carbonyl (C=O) groups excluding carboxylic acids is 2. The Hall–Kier alpha value is -3.69. The highest BCUT2D eigenvalue weighted by Gasteiger charge is 2.23. The van der Waals surface area contributed by atoms with Crippen molar-refractivity contribution in [2.45, 2.75) is 45.3 Å². The molecule has 0 atom stereocenters. The van der Waals surface area contributed by atoms with Gasteiger partial charge in [-0.2, -0.15) is 0 Å². The first kappa shape index (κ1) is 25.4. The molecule has 0 spiro atoms. The predicted molar refractivity (Wildman–Crippen MR) is 139 cm³/mol. The minimum absolute atomic E-state index is 0.0977. The van der Waals surface area contributed by atoms with Crippen molar-refractivity contribution in [2.24, 2.45) is 10.7 Å². The number of hydroxylamine groups is 2. The van der Waals surface area contributed by atoms with Crippen molar-refractivity contribution >= 4 is 35.1 Å². The molecule has 0 saturated carbocycles. The lowest BCUT2D eigenvalue weighted by Crippen LogP contribution is -2.38. The Kier molecular flexibility index (Phi) is 8.35. The molecule has 36 heavy (non-hydrogen) atoms. The van der Waals surface area contributed by atoms with E-state index in [2.05, 4.69) is 10.3 Å². The summed E-state index contributed by atoms with van der Waals surface area (Å²) < 4.78 is 5.36. The molecule has 0 unspecified atom stereocenters. The molecular formula is C27H33N5O4. The van der Waals surface area contributed by atoms with Crippen molar-refractivity contribution in [1.29, 1.82) is 0 Å². The van der Waals surface area contributed by atoms with Crippen LogP contribution in [0, 0.1) is 0 Å². The van der Waals surface area contributed by atoms with Crippen LogP contribution in [0.2, 0.25) is 0 Å². The number of fused-ring (bicyclic) bond motifs is 1. The van der Waals surface area contributed by atoms with E-state index in [9.17, 15) is 9.59 Å². The summed E-state index contributed by atoms with van der Waals surface area (Å²) in [6.07, 6.45) is 4.28. The number of amidine groups is 1. The largest absolute Gasteiger partial charge is 0.399 e. The third-order valence-electron chi connectivity index (χ3n) is 6.11. The monoisotopic (exact) mass is 491 g/mol. The highest BCUT2D eigenvalue weighted by Crippen LogP contribution is 2.29. The molecule has 190 valence electrons. The fourth-order valence-electron chi connectivity index (χ4n) is 4.13. The number of nitrogens with zero attached hydrogens (tertiary/aromatic N) is 2. The number of nitrogens with two attached hydrogens (primary N) is 2. The van der Waals surface area contributed by atoms with Gasteiger partial charge in [-0.3, -0.25) is 14.4 Å². The molecular weight excluding hydrogens is 458 g/mol. The van der Waals surface area contributed by atoms with E-state index in [1.165, 1.54) is 5.06 Å². The summed E-state index contributed by atoms with van der Waals surface area (Å²) in [6.45, 7) is 3.95. The zero-order valence-corrected chi connectivity index (χ0v) is 20.5. The van der Waals surface area contributed by atoms with Crippen LogP contribution in [0.15, 0.2) is 53.0 Å². The summed E-state index contributed by atoms with van der Waals surface area (Å²) in [5.41, 5.74) is 15.7. The minimum atomic E-state index is -0.264. The number of carbonyl (C=O) groups is 2. The van der Waals surface area contributed by atoms with E-state index in [0.29, 0.717) is 48.1 Å². The number of amides is 2. The minimum Gasteiger partial charge on any atom is -0.399 e. The number of rotatable bonds is 8. The van der Waals surface area contributed by atoms with Crippen molar-refractivity contribution in [3.05, 3.63) is 64.7 Å². The normalized spacial score (nSPS) is 15.8. The Morgan fingerprint density at radius 2 is 1.89 bits per heavy atom. The number of ether oxygens (including phenoxy) is 1. The van der Waals surface area contributed by atoms with Gasteiger partial charge in [-0.25, -0.2) is 10.1 Å². The van der Waals surface area contributed by atoms with Gasteiger partial charge in [0.1, 0.15) is 12.4 Å². The third-order valence-corrected chi connectivity index (χ3v) is 6.11. The van der Waals surface area contributed by atoms with Gasteiger partial charge in [-0.1, -0.05) is 25.1 Å². The molecule has 4 rings (SSSR count). The van der Waals surface area contributed by atoms with Crippen molar-refractivity contribution < 1.29 is 19.2 Å².